The van der Waals surface area contributed by atoms with Crippen molar-refractivity contribution >= 4 is 11.9 Å². The van der Waals surface area contributed by atoms with Crippen molar-refractivity contribution in [3.63, 3.8) is 0 Å². The lowest BCUT2D eigenvalue weighted by Gasteiger charge is -2.13. The van der Waals surface area contributed by atoms with E-state index in [9.17, 15) is 9.59 Å². The molecule has 2 atom stereocenters. The van der Waals surface area contributed by atoms with Gasteiger partial charge in [-0.2, -0.15) is 0 Å². The summed E-state index contributed by atoms with van der Waals surface area (Å²) >= 11 is 0. The first kappa shape index (κ1) is 13.9. The van der Waals surface area contributed by atoms with Gasteiger partial charge in [0.1, 0.15) is 6.04 Å². The first-order valence-electron chi connectivity index (χ1n) is 5.25. The van der Waals surface area contributed by atoms with Crippen LogP contribution in [0.2, 0.25) is 0 Å². The van der Waals surface area contributed by atoms with Crippen LogP contribution in [0, 0.1) is 0 Å². The van der Waals surface area contributed by atoms with E-state index < -0.39 is 12.0 Å². The van der Waals surface area contributed by atoms with E-state index in [1.807, 2.05) is 13.8 Å². The number of nitrogens with one attached hydrogen (secondary N) is 1. The minimum Gasteiger partial charge on any atom is -0.480 e. The van der Waals surface area contributed by atoms with E-state index in [0.717, 1.165) is 6.42 Å². The van der Waals surface area contributed by atoms with E-state index in [4.69, 9.17) is 10.8 Å². The highest BCUT2D eigenvalue weighted by molar-refractivity contribution is 5.83. The molecule has 5 nitrogen and oxygen atoms in total. The summed E-state index contributed by atoms with van der Waals surface area (Å²) in [5.74, 6) is -1.22. The van der Waals surface area contributed by atoms with E-state index >= 15 is 0 Å². The molecule has 5 heteroatoms. The van der Waals surface area contributed by atoms with Crippen LogP contribution in [0.15, 0.2) is 0 Å². The zero-order chi connectivity index (χ0) is 11.8. The number of aliphatic carboxylic acids is 1. The van der Waals surface area contributed by atoms with Crippen LogP contribution in [0.1, 0.15) is 39.5 Å². The van der Waals surface area contributed by atoms with Gasteiger partial charge in [-0.05, 0) is 19.8 Å². The van der Waals surface area contributed by atoms with Gasteiger partial charge in [0.2, 0.25) is 5.91 Å². The topological polar surface area (TPSA) is 92.4 Å². The molecule has 0 aromatic carbocycles. The highest BCUT2D eigenvalue weighted by atomic mass is 16.4. The van der Waals surface area contributed by atoms with E-state index in [1.165, 1.54) is 0 Å². The molecule has 2 unspecified atom stereocenters. The first-order valence-corrected chi connectivity index (χ1v) is 5.25. The molecule has 0 heterocycles. The Balaban J connectivity index is 3.94. The fourth-order valence-corrected chi connectivity index (χ4v) is 1.17. The highest BCUT2D eigenvalue weighted by Crippen LogP contribution is 1.99. The van der Waals surface area contributed by atoms with Crippen LogP contribution < -0.4 is 11.1 Å². The van der Waals surface area contributed by atoms with Gasteiger partial charge in [-0.15, -0.1) is 0 Å². The van der Waals surface area contributed by atoms with Gasteiger partial charge in [0.05, 0.1) is 0 Å². The van der Waals surface area contributed by atoms with Crippen molar-refractivity contribution in [1.29, 1.82) is 0 Å². The number of carbonyl (C=O) groups excluding carboxylic acids is 1. The predicted octanol–water partition coefficient (Wildman–Crippen LogP) is 0.483. The van der Waals surface area contributed by atoms with Crippen LogP contribution in [0.3, 0.4) is 0 Å². The van der Waals surface area contributed by atoms with Gasteiger partial charge in [-0.3, -0.25) is 4.79 Å². The van der Waals surface area contributed by atoms with Crippen molar-refractivity contribution in [3.05, 3.63) is 0 Å². The summed E-state index contributed by atoms with van der Waals surface area (Å²) in [5, 5.41) is 11.3. The minimum atomic E-state index is -0.981. The summed E-state index contributed by atoms with van der Waals surface area (Å²) < 4.78 is 0. The Hall–Kier alpha value is -1.10. The van der Waals surface area contributed by atoms with Gasteiger partial charge >= 0.3 is 5.97 Å². The Labute approximate surface area is 90.0 Å². The summed E-state index contributed by atoms with van der Waals surface area (Å²) in [4.78, 5) is 22.0. The number of carbonyl (C=O) groups is 2. The summed E-state index contributed by atoms with van der Waals surface area (Å²) in [6.07, 6.45) is 2.04. The van der Waals surface area contributed by atoms with Crippen LogP contribution in [0.5, 0.6) is 0 Å². The molecule has 0 rings (SSSR count). The van der Waals surface area contributed by atoms with Crippen molar-refractivity contribution in [1.82, 2.24) is 5.32 Å². The summed E-state index contributed by atoms with van der Waals surface area (Å²) in [6, 6.07) is -0.805. The molecule has 15 heavy (non-hydrogen) atoms. The minimum absolute atomic E-state index is 0.0368. The van der Waals surface area contributed by atoms with Gasteiger partial charge < -0.3 is 16.2 Å². The van der Waals surface area contributed by atoms with E-state index in [1.54, 1.807) is 0 Å². The second-order valence-electron chi connectivity index (χ2n) is 3.76. The molecule has 0 aliphatic carbocycles. The summed E-state index contributed by atoms with van der Waals surface area (Å²) in [6.45, 7) is 3.69. The molecule has 0 saturated carbocycles. The van der Waals surface area contributed by atoms with Gasteiger partial charge in [-0.1, -0.05) is 13.3 Å². The maximum absolute atomic E-state index is 11.3. The molecular weight excluding hydrogens is 196 g/mol. The molecule has 0 aliphatic rings. The van der Waals surface area contributed by atoms with E-state index in [2.05, 4.69) is 5.32 Å². The molecule has 0 aliphatic heterocycles. The molecule has 0 fully saturated rings. The number of carboxylic acids is 1. The Kier molecular flexibility index (Phi) is 6.70. The Morgan fingerprint density at radius 1 is 1.40 bits per heavy atom. The predicted molar refractivity (Wildman–Crippen MR) is 57.4 cm³/mol. The van der Waals surface area contributed by atoms with Crippen molar-refractivity contribution in [2.24, 2.45) is 5.73 Å². The zero-order valence-corrected chi connectivity index (χ0v) is 9.32. The van der Waals surface area contributed by atoms with Crippen molar-refractivity contribution in [3.8, 4) is 0 Å². The third-order valence-corrected chi connectivity index (χ3v) is 2.04. The third-order valence-electron chi connectivity index (χ3n) is 2.04. The SMILES string of the molecule is CCCC(NC(=O)CCC(C)N)C(=O)O. The first-order chi connectivity index (χ1) is 6.97. The molecule has 0 bridgehead atoms. The molecule has 0 saturated heterocycles. The number of amides is 1. The van der Waals surface area contributed by atoms with Gasteiger partial charge in [-0.25, -0.2) is 4.79 Å². The van der Waals surface area contributed by atoms with E-state index in [-0.39, 0.29) is 18.4 Å². The lowest BCUT2D eigenvalue weighted by molar-refractivity contribution is -0.142. The number of hydrogen-bond acceptors (Lipinski definition) is 3. The molecule has 0 radical (unpaired) electrons. The lowest BCUT2D eigenvalue weighted by atomic mass is 10.1. The lowest BCUT2D eigenvalue weighted by Crippen LogP contribution is -2.40. The smallest absolute Gasteiger partial charge is 0.326 e. The van der Waals surface area contributed by atoms with Gasteiger partial charge in [0.15, 0.2) is 0 Å². The maximum Gasteiger partial charge on any atom is 0.326 e. The number of carboxylic acid groups (broad SMARTS) is 1. The Bertz CT molecular complexity index is 217. The van der Waals surface area contributed by atoms with Crippen LogP contribution in [-0.4, -0.2) is 29.1 Å². The third kappa shape index (κ3) is 6.90. The molecule has 0 aromatic rings. The Morgan fingerprint density at radius 3 is 2.40 bits per heavy atom. The second kappa shape index (κ2) is 7.23. The van der Waals surface area contributed by atoms with Crippen molar-refractivity contribution in [2.45, 2.75) is 51.6 Å². The molecule has 0 aromatic heterocycles. The fourth-order valence-electron chi connectivity index (χ4n) is 1.17. The molecule has 4 N–H and O–H groups in total. The van der Waals surface area contributed by atoms with Gasteiger partial charge in [0, 0.05) is 12.5 Å². The average molecular weight is 216 g/mol. The molecule has 0 spiro atoms. The highest BCUT2D eigenvalue weighted by Gasteiger charge is 2.18. The van der Waals surface area contributed by atoms with Gasteiger partial charge in [0.25, 0.3) is 0 Å². The average Bonchev–Trinajstić information content (AvgIpc) is 2.14. The molecule has 88 valence electrons. The van der Waals surface area contributed by atoms with Crippen LogP contribution in [0.25, 0.3) is 0 Å². The number of hydrogen-bond donors (Lipinski definition) is 3. The fraction of sp³-hybridized carbons (Fsp3) is 0.800. The van der Waals surface area contributed by atoms with Crippen LogP contribution in [-0.2, 0) is 9.59 Å². The standard InChI is InChI=1S/C10H20N2O3/c1-3-4-8(10(14)15)12-9(13)6-5-7(2)11/h7-8H,3-6,11H2,1-2H3,(H,12,13)(H,14,15). The molecular formula is C10H20N2O3. The van der Waals surface area contributed by atoms with E-state index in [0.29, 0.717) is 12.8 Å². The summed E-state index contributed by atoms with van der Waals surface area (Å²) in [7, 11) is 0. The van der Waals surface area contributed by atoms with Crippen molar-refractivity contribution < 1.29 is 14.7 Å². The maximum atomic E-state index is 11.3. The number of rotatable bonds is 7. The molecule has 1 amide bonds. The largest absolute Gasteiger partial charge is 0.480 e. The normalized spacial score (nSPS) is 14.3. The zero-order valence-electron chi connectivity index (χ0n) is 9.32. The van der Waals surface area contributed by atoms with Crippen molar-refractivity contribution in [2.75, 3.05) is 0 Å². The Morgan fingerprint density at radius 2 is 2.00 bits per heavy atom. The monoisotopic (exact) mass is 216 g/mol. The quantitative estimate of drug-likeness (QED) is 0.577. The van der Waals surface area contributed by atoms with Crippen LogP contribution in [0.4, 0.5) is 0 Å². The summed E-state index contributed by atoms with van der Waals surface area (Å²) in [5.41, 5.74) is 5.49. The second-order valence-corrected chi connectivity index (χ2v) is 3.76. The van der Waals surface area contributed by atoms with Crippen LogP contribution >= 0.6 is 0 Å². The number of nitrogens with two attached hydrogens (primary N) is 1.